The van der Waals surface area contributed by atoms with Gasteiger partial charge in [-0.1, -0.05) is 13.8 Å². The predicted molar refractivity (Wildman–Crippen MR) is 54.7 cm³/mol. The van der Waals surface area contributed by atoms with Crippen molar-refractivity contribution in [2.45, 2.75) is 19.8 Å². The summed E-state index contributed by atoms with van der Waals surface area (Å²) in [6, 6.07) is 4.41. The first-order valence-corrected chi connectivity index (χ1v) is 5.47. The second-order valence-electron chi connectivity index (χ2n) is 5.20. The maximum atomic E-state index is 9.57. The highest BCUT2D eigenvalue weighted by Gasteiger charge is 3.01. The third kappa shape index (κ3) is 0.645. The summed E-state index contributed by atoms with van der Waals surface area (Å²) in [7, 11) is 0. The molecule has 0 amide bonds. The first-order chi connectivity index (χ1) is 7.96. The Balaban J connectivity index is 2.28. The average molecular weight is 233 g/mol. The van der Waals surface area contributed by atoms with E-state index in [2.05, 4.69) is 17.1 Å². The summed E-state index contributed by atoms with van der Waals surface area (Å²) in [6.45, 7) is 4.47. The zero-order valence-electron chi connectivity index (χ0n) is 9.70. The standard InChI is InChI=1S/C11H12N4O2/c1-8(2)9(5-12)7(14)15-11(10(8,9)6-13)16-3-4-17-11/h3-4H2,1-2H3,(H2,14,15)/p+1/t9-,10+/m0/s1. The summed E-state index contributed by atoms with van der Waals surface area (Å²) >= 11 is 0. The van der Waals surface area contributed by atoms with Crippen molar-refractivity contribution in [3.63, 3.8) is 0 Å². The van der Waals surface area contributed by atoms with Crippen molar-refractivity contribution in [2.24, 2.45) is 22.0 Å². The number of ether oxygens (including phenoxy) is 2. The molecular formula is C11H13N4O2+. The minimum Gasteiger partial charge on any atom is -0.311 e. The molecule has 0 aromatic rings. The van der Waals surface area contributed by atoms with E-state index in [9.17, 15) is 10.5 Å². The third-order valence-corrected chi connectivity index (χ3v) is 4.60. The van der Waals surface area contributed by atoms with Gasteiger partial charge in [0.25, 0.3) is 5.84 Å². The Morgan fingerprint density at radius 3 is 2.24 bits per heavy atom. The second-order valence-corrected chi connectivity index (χ2v) is 5.20. The number of amidine groups is 1. The molecule has 1 aliphatic carbocycles. The highest BCUT2D eigenvalue weighted by atomic mass is 16.8. The number of nitriles is 2. The van der Waals surface area contributed by atoms with Crippen LogP contribution in [0.3, 0.4) is 0 Å². The Hall–Kier alpha value is -1.63. The van der Waals surface area contributed by atoms with Crippen molar-refractivity contribution in [1.82, 2.24) is 0 Å². The SMILES string of the molecule is CC1(C)[C@@]2(C#N)C3([NH+]=C(N)[C@@]12C#N)OCCO3. The number of rotatable bonds is 0. The van der Waals surface area contributed by atoms with E-state index in [0.29, 0.717) is 13.2 Å². The summed E-state index contributed by atoms with van der Waals surface area (Å²) in [5.41, 5.74) is 3.21. The van der Waals surface area contributed by atoms with Gasteiger partial charge >= 0.3 is 5.91 Å². The smallest absolute Gasteiger partial charge is 0.311 e. The van der Waals surface area contributed by atoms with Crippen LogP contribution in [0, 0.1) is 38.9 Å². The number of hydrogen-bond acceptors (Lipinski definition) is 5. The van der Waals surface area contributed by atoms with Crippen LogP contribution in [0.1, 0.15) is 13.8 Å². The van der Waals surface area contributed by atoms with Crippen molar-refractivity contribution in [3.05, 3.63) is 0 Å². The van der Waals surface area contributed by atoms with E-state index >= 15 is 0 Å². The average Bonchev–Trinajstić information content (AvgIpc) is 2.63. The molecule has 3 rings (SSSR count). The third-order valence-electron chi connectivity index (χ3n) is 4.60. The normalized spacial score (nSPS) is 43.6. The van der Waals surface area contributed by atoms with E-state index in [4.69, 9.17) is 15.2 Å². The Kier molecular flexibility index (Phi) is 1.52. The van der Waals surface area contributed by atoms with Gasteiger partial charge in [0, 0.05) is 5.41 Å². The fraction of sp³-hybridized carbons (Fsp3) is 0.727. The number of nitrogens with zero attached hydrogens (tertiary/aromatic N) is 2. The fourth-order valence-electron chi connectivity index (χ4n) is 3.72. The molecule has 3 N–H and O–H groups in total. The Morgan fingerprint density at radius 1 is 1.24 bits per heavy atom. The maximum absolute atomic E-state index is 9.57. The van der Waals surface area contributed by atoms with E-state index in [1.165, 1.54) is 0 Å². The molecular weight excluding hydrogens is 220 g/mol. The topological polar surface area (TPSA) is 106 Å². The molecule has 2 fully saturated rings. The van der Waals surface area contributed by atoms with E-state index in [-0.39, 0.29) is 5.84 Å². The minimum absolute atomic E-state index is 0.272. The molecule has 0 bridgehead atoms. The van der Waals surface area contributed by atoms with E-state index in [1.54, 1.807) is 0 Å². The lowest BCUT2D eigenvalue weighted by atomic mass is 9.93. The van der Waals surface area contributed by atoms with Gasteiger partial charge in [-0.2, -0.15) is 10.5 Å². The molecule has 0 radical (unpaired) electrons. The van der Waals surface area contributed by atoms with Crippen LogP contribution < -0.4 is 10.7 Å². The molecule has 6 nitrogen and oxygen atoms in total. The highest BCUT2D eigenvalue weighted by Crippen LogP contribution is 2.82. The van der Waals surface area contributed by atoms with Crippen LogP contribution in [-0.4, -0.2) is 25.0 Å². The van der Waals surface area contributed by atoms with Crippen LogP contribution in [0.25, 0.3) is 0 Å². The molecule has 3 aliphatic rings. The first-order valence-electron chi connectivity index (χ1n) is 5.47. The fourth-order valence-corrected chi connectivity index (χ4v) is 3.72. The minimum atomic E-state index is -1.26. The molecule has 17 heavy (non-hydrogen) atoms. The lowest BCUT2D eigenvalue weighted by Gasteiger charge is -2.25. The predicted octanol–water partition coefficient (Wildman–Crippen LogP) is -1.80. The molecule has 1 saturated carbocycles. The van der Waals surface area contributed by atoms with Crippen molar-refractivity contribution in [1.29, 1.82) is 10.5 Å². The van der Waals surface area contributed by atoms with Gasteiger partial charge in [-0.3, -0.25) is 5.73 Å². The highest BCUT2D eigenvalue weighted by molar-refractivity contribution is 5.94. The molecule has 0 aromatic heterocycles. The van der Waals surface area contributed by atoms with Gasteiger partial charge < -0.3 is 9.47 Å². The summed E-state index contributed by atoms with van der Waals surface area (Å²) in [5.74, 6) is -0.987. The van der Waals surface area contributed by atoms with Gasteiger partial charge in [0.05, 0.1) is 25.4 Å². The van der Waals surface area contributed by atoms with Crippen LogP contribution in [-0.2, 0) is 9.47 Å². The van der Waals surface area contributed by atoms with Crippen LogP contribution in [0.2, 0.25) is 0 Å². The lowest BCUT2D eigenvalue weighted by Crippen LogP contribution is -2.90. The summed E-state index contributed by atoms with van der Waals surface area (Å²) in [5, 5.41) is 19.0. The van der Waals surface area contributed by atoms with E-state index in [1.807, 2.05) is 13.8 Å². The largest absolute Gasteiger partial charge is 0.343 e. The van der Waals surface area contributed by atoms with E-state index < -0.39 is 22.2 Å². The zero-order valence-corrected chi connectivity index (χ0v) is 9.70. The van der Waals surface area contributed by atoms with Gasteiger partial charge in [-0.15, -0.1) is 0 Å². The Morgan fingerprint density at radius 2 is 1.82 bits per heavy atom. The molecule has 0 aromatic carbocycles. The summed E-state index contributed by atoms with van der Waals surface area (Å²) in [6.07, 6.45) is 0. The van der Waals surface area contributed by atoms with Gasteiger partial charge in [0.15, 0.2) is 10.8 Å². The Labute approximate surface area is 98.6 Å². The molecule has 2 heterocycles. The van der Waals surface area contributed by atoms with Crippen LogP contribution in [0.4, 0.5) is 0 Å². The van der Waals surface area contributed by atoms with Crippen LogP contribution in [0.5, 0.6) is 0 Å². The van der Waals surface area contributed by atoms with Gasteiger partial charge in [-0.25, -0.2) is 4.99 Å². The number of nitrogens with one attached hydrogen (secondary N) is 1. The molecule has 0 unspecified atom stereocenters. The molecule has 6 heteroatoms. The lowest BCUT2D eigenvalue weighted by molar-refractivity contribution is -0.678. The van der Waals surface area contributed by atoms with Crippen molar-refractivity contribution >= 4 is 5.84 Å². The van der Waals surface area contributed by atoms with Gasteiger partial charge in [0.1, 0.15) is 0 Å². The number of nitrogens with two attached hydrogens (primary N) is 1. The molecule has 2 atom stereocenters. The van der Waals surface area contributed by atoms with Crippen molar-refractivity contribution in [2.75, 3.05) is 13.2 Å². The summed E-state index contributed by atoms with van der Waals surface area (Å²) in [4.78, 5) is 2.87. The number of hydrogen-bond donors (Lipinski definition) is 2. The summed E-state index contributed by atoms with van der Waals surface area (Å²) < 4.78 is 11.1. The monoisotopic (exact) mass is 233 g/mol. The molecule has 2 aliphatic heterocycles. The van der Waals surface area contributed by atoms with Gasteiger partial charge in [0.2, 0.25) is 0 Å². The van der Waals surface area contributed by atoms with Crippen molar-refractivity contribution in [3.8, 4) is 12.1 Å². The zero-order chi connectivity index (χ0) is 12.5. The number of fused-ring (bicyclic) bond motifs is 2. The molecule has 1 saturated heterocycles. The molecule has 1 spiro atoms. The van der Waals surface area contributed by atoms with Crippen LogP contribution in [0.15, 0.2) is 0 Å². The van der Waals surface area contributed by atoms with Gasteiger partial charge in [-0.05, 0) is 0 Å². The first kappa shape index (κ1) is 10.5. The van der Waals surface area contributed by atoms with E-state index in [0.717, 1.165) is 0 Å². The second kappa shape index (κ2) is 2.45. The molecule has 88 valence electrons. The van der Waals surface area contributed by atoms with Crippen molar-refractivity contribution < 1.29 is 14.5 Å². The van der Waals surface area contributed by atoms with Crippen LogP contribution >= 0.6 is 0 Å². The maximum Gasteiger partial charge on any atom is 0.343 e. The quantitative estimate of drug-likeness (QED) is 0.513. The Bertz CT molecular complexity index is 521.